The number of carbonyl (C=O) groups excluding carboxylic acids is 3. The summed E-state index contributed by atoms with van der Waals surface area (Å²) in [5.74, 6) is -0.978. The molecule has 0 bridgehead atoms. The number of hydrogen-bond acceptors (Lipinski definition) is 7. The first-order valence-corrected chi connectivity index (χ1v) is 7.23. The molecule has 0 aliphatic heterocycles. The molecular weight excluding hydrogens is 296 g/mol. The van der Waals surface area contributed by atoms with Crippen molar-refractivity contribution in [2.24, 2.45) is 0 Å². The molecule has 0 unspecified atom stereocenters. The fraction of sp³-hybridized carbons (Fsp3) is 0.385. The number of methoxy groups -OCH3 is 1. The standard InChI is InChI=1S/C13H14N2O5S/c1-14-13(18)10-9-11(17)8(21-5-3-4-19-2)6-7(16)12(9)20-15-10/h6H,3-5H2,1-2H3,(H,14,18). The van der Waals surface area contributed by atoms with Gasteiger partial charge in [-0.2, -0.15) is 0 Å². The minimum atomic E-state index is -0.563. The van der Waals surface area contributed by atoms with Crippen molar-refractivity contribution < 1.29 is 23.6 Å². The highest BCUT2D eigenvalue weighted by atomic mass is 32.2. The number of amides is 1. The maximum absolute atomic E-state index is 12.4. The Bertz CT molecular complexity index is 620. The number of hydrogen-bond donors (Lipinski definition) is 1. The van der Waals surface area contributed by atoms with Crippen LogP contribution in [0.2, 0.25) is 0 Å². The predicted molar refractivity (Wildman–Crippen MR) is 75.6 cm³/mol. The SMILES string of the molecule is CNC(=O)c1noc2c1C(=O)C(SCCCOC)=CC2=O. The first-order valence-electron chi connectivity index (χ1n) is 6.24. The average Bonchev–Trinajstić information content (AvgIpc) is 2.93. The Labute approximate surface area is 125 Å². The molecule has 1 aliphatic carbocycles. The molecular formula is C13H14N2O5S. The van der Waals surface area contributed by atoms with Gasteiger partial charge in [0.25, 0.3) is 5.91 Å². The van der Waals surface area contributed by atoms with Gasteiger partial charge in [-0.3, -0.25) is 14.4 Å². The lowest BCUT2D eigenvalue weighted by atomic mass is 10.00. The second kappa shape index (κ2) is 6.68. The first-order chi connectivity index (χ1) is 10.1. The zero-order valence-corrected chi connectivity index (χ0v) is 12.4. The molecule has 2 rings (SSSR count). The van der Waals surface area contributed by atoms with Gasteiger partial charge in [-0.05, 0) is 6.42 Å². The zero-order valence-electron chi connectivity index (χ0n) is 11.6. The number of aromatic nitrogens is 1. The average molecular weight is 310 g/mol. The topological polar surface area (TPSA) is 98.5 Å². The predicted octanol–water partition coefficient (Wildman–Crippen LogP) is 1.07. The monoisotopic (exact) mass is 310 g/mol. The van der Waals surface area contributed by atoms with Crippen LogP contribution < -0.4 is 5.32 Å². The highest BCUT2D eigenvalue weighted by molar-refractivity contribution is 8.04. The van der Waals surface area contributed by atoms with Crippen LogP contribution in [0.1, 0.15) is 37.8 Å². The van der Waals surface area contributed by atoms with Gasteiger partial charge in [0.2, 0.25) is 17.3 Å². The Morgan fingerprint density at radius 1 is 1.48 bits per heavy atom. The molecule has 0 saturated heterocycles. The molecule has 0 radical (unpaired) electrons. The van der Waals surface area contributed by atoms with E-state index in [-0.39, 0.29) is 21.9 Å². The molecule has 0 atom stereocenters. The fourth-order valence-electron chi connectivity index (χ4n) is 1.81. The molecule has 0 saturated carbocycles. The van der Waals surface area contributed by atoms with Gasteiger partial charge in [-0.25, -0.2) is 0 Å². The van der Waals surface area contributed by atoms with Gasteiger partial charge in [0.05, 0.1) is 4.91 Å². The summed E-state index contributed by atoms with van der Waals surface area (Å²) in [6, 6.07) is 0. The quantitative estimate of drug-likeness (QED) is 0.784. The summed E-state index contributed by atoms with van der Waals surface area (Å²) in [6.07, 6.45) is 1.97. The van der Waals surface area contributed by atoms with E-state index < -0.39 is 17.5 Å². The Morgan fingerprint density at radius 3 is 2.90 bits per heavy atom. The molecule has 1 heterocycles. The summed E-state index contributed by atoms with van der Waals surface area (Å²) >= 11 is 1.25. The fourth-order valence-corrected chi connectivity index (χ4v) is 2.71. The van der Waals surface area contributed by atoms with Gasteiger partial charge in [0.15, 0.2) is 5.69 Å². The van der Waals surface area contributed by atoms with E-state index >= 15 is 0 Å². The van der Waals surface area contributed by atoms with Crippen LogP contribution in [0.5, 0.6) is 0 Å². The second-order valence-electron chi connectivity index (χ2n) is 4.21. The van der Waals surface area contributed by atoms with Crippen LogP contribution >= 0.6 is 11.8 Å². The smallest absolute Gasteiger partial charge is 0.274 e. The van der Waals surface area contributed by atoms with E-state index in [4.69, 9.17) is 9.26 Å². The van der Waals surface area contributed by atoms with E-state index in [1.807, 2.05) is 0 Å². The van der Waals surface area contributed by atoms with Crippen LogP contribution in [0.4, 0.5) is 0 Å². The molecule has 1 aromatic heterocycles. The highest BCUT2D eigenvalue weighted by Crippen LogP contribution is 2.30. The number of rotatable bonds is 6. The lowest BCUT2D eigenvalue weighted by Gasteiger charge is -2.10. The van der Waals surface area contributed by atoms with Crippen LogP contribution in [0.25, 0.3) is 0 Å². The maximum atomic E-state index is 12.4. The highest BCUT2D eigenvalue weighted by Gasteiger charge is 2.35. The van der Waals surface area contributed by atoms with E-state index in [1.54, 1.807) is 7.11 Å². The van der Waals surface area contributed by atoms with Gasteiger partial charge >= 0.3 is 0 Å². The molecule has 0 spiro atoms. The third-order valence-corrected chi connectivity index (χ3v) is 3.93. The Kier molecular flexibility index (Phi) is 4.92. The Balaban J connectivity index is 2.23. The van der Waals surface area contributed by atoms with Crippen molar-refractivity contribution in [3.8, 4) is 0 Å². The van der Waals surface area contributed by atoms with Crippen LogP contribution in [0.3, 0.4) is 0 Å². The van der Waals surface area contributed by atoms with Gasteiger partial charge < -0.3 is 14.6 Å². The third-order valence-electron chi connectivity index (χ3n) is 2.82. The number of ketones is 2. The minimum absolute atomic E-state index is 0.0592. The number of nitrogens with one attached hydrogen (secondary N) is 1. The molecule has 0 fully saturated rings. The molecule has 1 N–H and O–H groups in total. The van der Waals surface area contributed by atoms with Gasteiger partial charge in [0.1, 0.15) is 5.56 Å². The molecule has 1 amide bonds. The maximum Gasteiger partial charge on any atom is 0.274 e. The summed E-state index contributed by atoms with van der Waals surface area (Å²) in [6.45, 7) is 0.574. The first kappa shape index (κ1) is 15.5. The van der Waals surface area contributed by atoms with Crippen molar-refractivity contribution >= 4 is 29.2 Å². The summed E-state index contributed by atoms with van der Waals surface area (Å²) in [5.41, 5.74) is -0.218. The van der Waals surface area contributed by atoms with Crippen molar-refractivity contribution in [2.45, 2.75) is 6.42 Å². The number of fused-ring (bicyclic) bond motifs is 1. The van der Waals surface area contributed by atoms with Crippen molar-refractivity contribution in [3.05, 3.63) is 28.0 Å². The zero-order chi connectivity index (χ0) is 15.4. The summed E-state index contributed by atoms with van der Waals surface area (Å²) in [4.78, 5) is 36.3. The number of allylic oxidation sites excluding steroid dienone is 2. The van der Waals surface area contributed by atoms with E-state index in [9.17, 15) is 14.4 Å². The van der Waals surface area contributed by atoms with Gasteiger partial charge in [-0.1, -0.05) is 5.16 Å². The second-order valence-corrected chi connectivity index (χ2v) is 5.35. The van der Waals surface area contributed by atoms with Crippen LogP contribution in [-0.2, 0) is 4.74 Å². The van der Waals surface area contributed by atoms with Crippen molar-refractivity contribution in [1.82, 2.24) is 10.5 Å². The summed E-state index contributed by atoms with van der Waals surface area (Å²) in [7, 11) is 3.01. The summed E-state index contributed by atoms with van der Waals surface area (Å²) in [5, 5.41) is 5.88. The number of Topliss-reactive ketones (excluding diaryl/α,β-unsaturated/α-hetero) is 1. The summed E-state index contributed by atoms with van der Waals surface area (Å²) < 4.78 is 9.75. The van der Waals surface area contributed by atoms with Crippen molar-refractivity contribution in [2.75, 3.05) is 26.5 Å². The normalized spacial score (nSPS) is 13.9. The molecule has 112 valence electrons. The van der Waals surface area contributed by atoms with E-state index in [0.29, 0.717) is 12.4 Å². The molecule has 1 aromatic rings. The van der Waals surface area contributed by atoms with Crippen LogP contribution in [0.15, 0.2) is 15.5 Å². The number of carbonyl (C=O) groups is 3. The number of nitrogens with zero attached hydrogens (tertiary/aromatic N) is 1. The molecule has 8 heteroatoms. The lowest BCUT2D eigenvalue weighted by Crippen LogP contribution is -2.23. The lowest BCUT2D eigenvalue weighted by molar-refractivity contribution is 0.0944. The largest absolute Gasteiger partial charge is 0.385 e. The molecule has 0 aromatic carbocycles. The van der Waals surface area contributed by atoms with Gasteiger partial charge in [0, 0.05) is 32.6 Å². The van der Waals surface area contributed by atoms with Crippen LogP contribution in [-0.4, -0.2) is 49.1 Å². The van der Waals surface area contributed by atoms with Crippen molar-refractivity contribution in [3.63, 3.8) is 0 Å². The Hall–Kier alpha value is -1.93. The Morgan fingerprint density at radius 2 is 2.24 bits per heavy atom. The molecule has 21 heavy (non-hydrogen) atoms. The molecule has 7 nitrogen and oxygen atoms in total. The minimum Gasteiger partial charge on any atom is -0.385 e. The van der Waals surface area contributed by atoms with E-state index in [1.165, 1.54) is 24.9 Å². The number of thioether (sulfide) groups is 1. The van der Waals surface area contributed by atoms with E-state index in [0.717, 1.165) is 6.42 Å². The molecule has 1 aliphatic rings. The van der Waals surface area contributed by atoms with E-state index in [2.05, 4.69) is 10.5 Å². The van der Waals surface area contributed by atoms with Crippen molar-refractivity contribution in [1.29, 1.82) is 0 Å². The number of ether oxygens (including phenoxy) is 1. The van der Waals surface area contributed by atoms with Gasteiger partial charge in [-0.15, -0.1) is 11.8 Å². The van der Waals surface area contributed by atoms with Crippen LogP contribution in [0, 0.1) is 0 Å². The third kappa shape index (κ3) is 3.06.